The zero-order valence-corrected chi connectivity index (χ0v) is 8.32. The van der Waals surface area contributed by atoms with Gasteiger partial charge in [-0.25, -0.2) is 0 Å². The molecule has 0 unspecified atom stereocenters. The Morgan fingerprint density at radius 2 is 1.73 bits per heavy atom. The van der Waals surface area contributed by atoms with Crippen LogP contribution in [0.3, 0.4) is 0 Å². The van der Waals surface area contributed by atoms with Gasteiger partial charge in [0.1, 0.15) is 0 Å². The Labute approximate surface area is 71.6 Å². The monoisotopic (exact) mass is 157 g/mol. The van der Waals surface area contributed by atoms with Crippen LogP contribution in [0.25, 0.3) is 0 Å². The third-order valence-corrected chi connectivity index (χ3v) is 2.29. The average Bonchev–Trinajstić information content (AvgIpc) is 2.05. The van der Waals surface area contributed by atoms with Crippen LogP contribution in [0.5, 0.6) is 0 Å². The van der Waals surface area contributed by atoms with Crippen molar-refractivity contribution in [2.24, 2.45) is 5.92 Å². The first kappa shape index (κ1) is 11.0. The Balaban J connectivity index is 3.07. The summed E-state index contributed by atoms with van der Waals surface area (Å²) in [6.07, 6.45) is 5.25. The molecule has 68 valence electrons. The van der Waals surface area contributed by atoms with E-state index in [0.29, 0.717) is 0 Å². The van der Waals surface area contributed by atoms with Gasteiger partial charge in [0.05, 0.1) is 0 Å². The zero-order valence-electron chi connectivity index (χ0n) is 8.32. The molecule has 0 aromatic rings. The highest BCUT2D eigenvalue weighted by atomic mass is 14.8. The van der Waals surface area contributed by atoms with Gasteiger partial charge in [0.15, 0.2) is 0 Å². The average molecular weight is 157 g/mol. The van der Waals surface area contributed by atoms with Gasteiger partial charge >= 0.3 is 0 Å². The highest BCUT2D eigenvalue weighted by Gasteiger charge is 2.00. The van der Waals surface area contributed by atoms with Crippen molar-refractivity contribution in [2.75, 3.05) is 13.1 Å². The van der Waals surface area contributed by atoms with Crippen molar-refractivity contribution in [3.8, 4) is 0 Å². The summed E-state index contributed by atoms with van der Waals surface area (Å²) < 4.78 is 0. The molecule has 0 rings (SSSR count). The van der Waals surface area contributed by atoms with Crippen LogP contribution in [0.15, 0.2) is 0 Å². The fourth-order valence-corrected chi connectivity index (χ4v) is 1.19. The number of nitrogens with one attached hydrogen (secondary N) is 1. The van der Waals surface area contributed by atoms with E-state index in [0.717, 1.165) is 5.92 Å². The van der Waals surface area contributed by atoms with Crippen molar-refractivity contribution in [3.63, 3.8) is 0 Å². The summed E-state index contributed by atoms with van der Waals surface area (Å²) in [5, 5.41) is 3.49. The maximum atomic E-state index is 3.49. The molecular weight excluding hydrogens is 134 g/mol. The van der Waals surface area contributed by atoms with Crippen LogP contribution in [0.4, 0.5) is 0 Å². The van der Waals surface area contributed by atoms with Crippen molar-refractivity contribution in [3.05, 3.63) is 0 Å². The first-order chi connectivity index (χ1) is 5.35. The number of unbranched alkanes of at least 4 members (excludes halogenated alkanes) is 1. The first-order valence-corrected chi connectivity index (χ1v) is 5.05. The predicted molar refractivity (Wildman–Crippen MR) is 51.8 cm³/mol. The molecule has 0 saturated carbocycles. The molecule has 1 heteroatoms. The molecule has 0 heterocycles. The standard InChI is InChI=1S/C10H23N/c1-4-7-8-11-9-10(5-2)6-3/h10-11H,4-9H2,1-3H3. The second-order valence-electron chi connectivity index (χ2n) is 3.24. The largest absolute Gasteiger partial charge is 0.316 e. The maximum Gasteiger partial charge on any atom is -0.00207 e. The van der Waals surface area contributed by atoms with Crippen molar-refractivity contribution in [1.82, 2.24) is 5.32 Å². The second kappa shape index (κ2) is 8.06. The maximum absolute atomic E-state index is 3.49. The molecule has 0 fully saturated rings. The fraction of sp³-hybridized carbons (Fsp3) is 1.00. The minimum absolute atomic E-state index is 0.895. The molecule has 0 aliphatic heterocycles. The smallest absolute Gasteiger partial charge is 0.00207 e. The summed E-state index contributed by atoms with van der Waals surface area (Å²) in [5.41, 5.74) is 0. The van der Waals surface area contributed by atoms with Crippen LogP contribution in [0.2, 0.25) is 0 Å². The highest BCUT2D eigenvalue weighted by molar-refractivity contribution is 4.57. The van der Waals surface area contributed by atoms with E-state index in [9.17, 15) is 0 Å². The summed E-state index contributed by atoms with van der Waals surface area (Å²) in [7, 11) is 0. The lowest BCUT2D eigenvalue weighted by Gasteiger charge is -2.12. The molecule has 1 nitrogen and oxygen atoms in total. The van der Waals surface area contributed by atoms with Gasteiger partial charge in [-0.15, -0.1) is 0 Å². The van der Waals surface area contributed by atoms with Gasteiger partial charge in [-0.3, -0.25) is 0 Å². The molecule has 0 amide bonds. The van der Waals surface area contributed by atoms with Gasteiger partial charge in [0.2, 0.25) is 0 Å². The van der Waals surface area contributed by atoms with Crippen molar-refractivity contribution < 1.29 is 0 Å². The molecule has 0 aliphatic carbocycles. The quantitative estimate of drug-likeness (QED) is 0.560. The summed E-state index contributed by atoms with van der Waals surface area (Å²) in [6.45, 7) is 9.20. The van der Waals surface area contributed by atoms with E-state index in [2.05, 4.69) is 26.1 Å². The predicted octanol–water partition coefficient (Wildman–Crippen LogP) is 2.81. The van der Waals surface area contributed by atoms with Crippen LogP contribution >= 0.6 is 0 Å². The van der Waals surface area contributed by atoms with Crippen LogP contribution in [-0.4, -0.2) is 13.1 Å². The molecule has 0 saturated heterocycles. The van der Waals surface area contributed by atoms with Crippen molar-refractivity contribution in [2.45, 2.75) is 46.5 Å². The number of rotatable bonds is 7. The minimum Gasteiger partial charge on any atom is -0.316 e. The first-order valence-electron chi connectivity index (χ1n) is 5.05. The van der Waals surface area contributed by atoms with Crippen molar-refractivity contribution >= 4 is 0 Å². The summed E-state index contributed by atoms with van der Waals surface area (Å²) in [6, 6.07) is 0. The summed E-state index contributed by atoms with van der Waals surface area (Å²) in [4.78, 5) is 0. The Bertz CT molecular complexity index is 67.3. The molecule has 0 aromatic heterocycles. The zero-order chi connectivity index (χ0) is 8.53. The minimum atomic E-state index is 0.895. The van der Waals surface area contributed by atoms with Gasteiger partial charge < -0.3 is 5.32 Å². The molecule has 0 spiro atoms. The van der Waals surface area contributed by atoms with Gasteiger partial charge in [-0.1, -0.05) is 40.0 Å². The fourth-order valence-electron chi connectivity index (χ4n) is 1.19. The molecule has 0 bridgehead atoms. The SMILES string of the molecule is CCCCNCC(CC)CC. The third-order valence-electron chi connectivity index (χ3n) is 2.29. The van der Waals surface area contributed by atoms with E-state index in [4.69, 9.17) is 0 Å². The van der Waals surface area contributed by atoms with Crippen LogP contribution in [0.1, 0.15) is 46.5 Å². The Morgan fingerprint density at radius 3 is 2.18 bits per heavy atom. The van der Waals surface area contributed by atoms with Gasteiger partial charge in [0.25, 0.3) is 0 Å². The number of hydrogen-bond acceptors (Lipinski definition) is 1. The number of hydrogen-bond donors (Lipinski definition) is 1. The molecule has 11 heavy (non-hydrogen) atoms. The molecule has 1 N–H and O–H groups in total. The van der Waals surface area contributed by atoms with Crippen molar-refractivity contribution in [1.29, 1.82) is 0 Å². The molecule has 0 aromatic carbocycles. The van der Waals surface area contributed by atoms with E-state index in [1.54, 1.807) is 0 Å². The molecule has 0 radical (unpaired) electrons. The summed E-state index contributed by atoms with van der Waals surface area (Å²) in [5.74, 6) is 0.895. The van der Waals surface area contributed by atoms with Crippen LogP contribution < -0.4 is 5.32 Å². The molecule has 0 aliphatic rings. The Morgan fingerprint density at radius 1 is 1.09 bits per heavy atom. The highest BCUT2D eigenvalue weighted by Crippen LogP contribution is 2.04. The lowest BCUT2D eigenvalue weighted by Crippen LogP contribution is -2.22. The van der Waals surface area contributed by atoms with Gasteiger partial charge in [-0.2, -0.15) is 0 Å². The second-order valence-corrected chi connectivity index (χ2v) is 3.24. The van der Waals surface area contributed by atoms with E-state index in [-0.39, 0.29) is 0 Å². The van der Waals surface area contributed by atoms with E-state index < -0.39 is 0 Å². The van der Waals surface area contributed by atoms with Crippen LogP contribution in [-0.2, 0) is 0 Å². The molecular formula is C10H23N. The summed E-state index contributed by atoms with van der Waals surface area (Å²) >= 11 is 0. The lowest BCUT2D eigenvalue weighted by molar-refractivity contribution is 0.447. The Kier molecular flexibility index (Phi) is 8.03. The third kappa shape index (κ3) is 6.36. The lowest BCUT2D eigenvalue weighted by atomic mass is 10.0. The van der Waals surface area contributed by atoms with Gasteiger partial charge in [0, 0.05) is 0 Å². The van der Waals surface area contributed by atoms with E-state index in [1.807, 2.05) is 0 Å². The Hall–Kier alpha value is -0.0400. The molecule has 0 atom stereocenters. The topological polar surface area (TPSA) is 12.0 Å². The normalized spacial score (nSPS) is 10.9. The van der Waals surface area contributed by atoms with Crippen LogP contribution in [0, 0.1) is 5.92 Å². The van der Waals surface area contributed by atoms with E-state index >= 15 is 0 Å². The van der Waals surface area contributed by atoms with E-state index in [1.165, 1.54) is 38.8 Å². The van der Waals surface area contributed by atoms with Gasteiger partial charge in [-0.05, 0) is 25.4 Å².